The molecule has 4 nitrogen and oxygen atoms in total. The number of rotatable bonds is 2. The van der Waals surface area contributed by atoms with Gasteiger partial charge in [0.15, 0.2) is 0 Å². The van der Waals surface area contributed by atoms with Crippen LogP contribution in [-0.2, 0) is 0 Å². The van der Waals surface area contributed by atoms with Crippen LogP contribution in [0.3, 0.4) is 0 Å². The molecule has 0 saturated carbocycles. The van der Waals surface area contributed by atoms with Crippen molar-refractivity contribution < 1.29 is 0 Å². The van der Waals surface area contributed by atoms with Crippen LogP contribution in [0.5, 0.6) is 0 Å². The first kappa shape index (κ1) is 18.2. The molecule has 0 spiro atoms. The molecule has 0 atom stereocenters. The largest absolute Gasteiger partial charge is 0.353 e. The average molecular weight is 368 g/mol. The Balaban J connectivity index is 0.000000948. The number of pyridine rings is 2. The van der Waals surface area contributed by atoms with Gasteiger partial charge in [0.1, 0.15) is 0 Å². The minimum atomic E-state index is -0.0720. The van der Waals surface area contributed by atoms with Gasteiger partial charge in [-0.25, -0.2) is 0 Å². The average Bonchev–Trinajstić information content (AvgIpc) is 3.00. The third-order valence-corrected chi connectivity index (χ3v) is 4.53. The molecule has 4 aromatic rings. The van der Waals surface area contributed by atoms with E-state index in [1.807, 2.05) is 58.0 Å². The Morgan fingerprint density at radius 2 is 1.85 bits per heavy atom. The molecule has 0 unspecified atom stereocenters. The lowest BCUT2D eigenvalue weighted by Gasteiger charge is -2.13. The SMILES string of the molecule is CC.CC(C)c1c(-c2cccnc2)c2[nH]c3ccc(Cl)cc3c2[nH]c1=O. The Labute approximate surface area is 157 Å². The molecule has 0 fully saturated rings. The summed E-state index contributed by atoms with van der Waals surface area (Å²) in [5.41, 5.74) is 5.14. The van der Waals surface area contributed by atoms with Crippen molar-refractivity contribution in [3.63, 3.8) is 0 Å². The Hall–Kier alpha value is -2.59. The highest BCUT2D eigenvalue weighted by Crippen LogP contribution is 2.35. The summed E-state index contributed by atoms with van der Waals surface area (Å²) in [6, 6.07) is 9.49. The van der Waals surface area contributed by atoms with Crippen molar-refractivity contribution in [1.29, 1.82) is 0 Å². The first-order valence-electron chi connectivity index (χ1n) is 8.83. The Morgan fingerprint density at radius 1 is 1.08 bits per heavy atom. The Bertz CT molecular complexity index is 1110. The Morgan fingerprint density at radius 3 is 2.50 bits per heavy atom. The van der Waals surface area contributed by atoms with Gasteiger partial charge in [-0.3, -0.25) is 9.78 Å². The Kier molecular flexibility index (Phi) is 5.14. The van der Waals surface area contributed by atoms with E-state index in [2.05, 4.69) is 15.0 Å². The van der Waals surface area contributed by atoms with Crippen molar-refractivity contribution in [2.45, 2.75) is 33.6 Å². The lowest BCUT2D eigenvalue weighted by Crippen LogP contribution is -2.15. The predicted octanol–water partition coefficient (Wildman–Crippen LogP) is 5.87. The first-order chi connectivity index (χ1) is 12.6. The molecule has 0 bridgehead atoms. The van der Waals surface area contributed by atoms with Gasteiger partial charge in [-0.2, -0.15) is 0 Å². The third kappa shape index (κ3) is 3.01. The van der Waals surface area contributed by atoms with Gasteiger partial charge < -0.3 is 9.97 Å². The summed E-state index contributed by atoms with van der Waals surface area (Å²) >= 11 is 6.14. The molecule has 0 radical (unpaired) electrons. The standard InChI is InChI=1S/C19H16ClN3O.C2H6/c1-10(2)15-16(11-4-3-7-21-9-11)18-17(23-19(15)24)13-8-12(20)5-6-14(13)22-18;1-2/h3-10,22H,1-2H3,(H,23,24);1-2H3. The number of benzene rings is 1. The van der Waals surface area contributed by atoms with E-state index < -0.39 is 0 Å². The number of nitrogens with zero attached hydrogens (tertiary/aromatic N) is 1. The van der Waals surface area contributed by atoms with E-state index in [0.717, 1.165) is 38.6 Å². The van der Waals surface area contributed by atoms with E-state index in [1.165, 1.54) is 0 Å². The quantitative estimate of drug-likeness (QED) is 0.465. The van der Waals surface area contributed by atoms with E-state index in [0.29, 0.717) is 5.02 Å². The van der Waals surface area contributed by atoms with Crippen LogP contribution in [0.2, 0.25) is 5.02 Å². The summed E-state index contributed by atoms with van der Waals surface area (Å²) in [7, 11) is 0. The minimum absolute atomic E-state index is 0.0720. The molecule has 3 aromatic heterocycles. The van der Waals surface area contributed by atoms with Gasteiger partial charge in [0, 0.05) is 45.0 Å². The van der Waals surface area contributed by atoms with Crippen LogP contribution in [0.1, 0.15) is 39.2 Å². The normalized spacial score (nSPS) is 11.0. The molecule has 1 aromatic carbocycles. The number of halogens is 1. The molecule has 0 aliphatic rings. The van der Waals surface area contributed by atoms with Crippen molar-refractivity contribution in [1.82, 2.24) is 15.0 Å². The highest BCUT2D eigenvalue weighted by Gasteiger charge is 2.20. The summed E-state index contributed by atoms with van der Waals surface area (Å²) in [6.45, 7) is 8.05. The van der Waals surface area contributed by atoms with Gasteiger partial charge in [-0.15, -0.1) is 0 Å². The number of nitrogens with one attached hydrogen (secondary N) is 2. The fourth-order valence-corrected chi connectivity index (χ4v) is 3.44. The fourth-order valence-electron chi connectivity index (χ4n) is 3.27. The maximum absolute atomic E-state index is 12.8. The number of aromatic nitrogens is 3. The molecule has 0 aliphatic heterocycles. The van der Waals surface area contributed by atoms with Crippen LogP contribution >= 0.6 is 11.6 Å². The van der Waals surface area contributed by atoms with Gasteiger partial charge in [-0.05, 0) is 30.2 Å². The van der Waals surface area contributed by atoms with Crippen molar-refractivity contribution in [2.75, 3.05) is 0 Å². The van der Waals surface area contributed by atoms with Crippen LogP contribution < -0.4 is 5.56 Å². The van der Waals surface area contributed by atoms with Gasteiger partial charge in [0.2, 0.25) is 0 Å². The number of hydrogen-bond donors (Lipinski definition) is 2. The second-order valence-electron chi connectivity index (χ2n) is 6.20. The van der Waals surface area contributed by atoms with Gasteiger partial charge >= 0.3 is 0 Å². The van der Waals surface area contributed by atoms with Crippen LogP contribution in [0.4, 0.5) is 0 Å². The molecule has 5 heteroatoms. The zero-order valence-electron chi connectivity index (χ0n) is 15.4. The lowest BCUT2D eigenvalue weighted by atomic mass is 9.93. The number of H-pyrrole nitrogens is 2. The zero-order chi connectivity index (χ0) is 18.8. The van der Waals surface area contributed by atoms with E-state index >= 15 is 0 Å². The van der Waals surface area contributed by atoms with Crippen LogP contribution in [-0.4, -0.2) is 15.0 Å². The molecule has 4 rings (SSSR count). The highest BCUT2D eigenvalue weighted by atomic mass is 35.5. The van der Waals surface area contributed by atoms with E-state index in [1.54, 1.807) is 12.4 Å². The third-order valence-electron chi connectivity index (χ3n) is 4.29. The second-order valence-corrected chi connectivity index (χ2v) is 6.64. The smallest absolute Gasteiger partial charge is 0.252 e. The first-order valence-corrected chi connectivity index (χ1v) is 9.21. The van der Waals surface area contributed by atoms with Gasteiger partial charge in [0.25, 0.3) is 5.56 Å². The topological polar surface area (TPSA) is 61.5 Å². The summed E-state index contributed by atoms with van der Waals surface area (Å²) < 4.78 is 0. The molecule has 2 N–H and O–H groups in total. The summed E-state index contributed by atoms with van der Waals surface area (Å²) in [5.74, 6) is 0.0864. The van der Waals surface area contributed by atoms with Gasteiger partial charge in [0.05, 0.1) is 11.0 Å². The summed E-state index contributed by atoms with van der Waals surface area (Å²) in [6.07, 6.45) is 3.52. The second kappa shape index (κ2) is 7.34. The number of hydrogen-bond acceptors (Lipinski definition) is 2. The summed E-state index contributed by atoms with van der Waals surface area (Å²) in [4.78, 5) is 23.5. The van der Waals surface area contributed by atoms with Crippen LogP contribution in [0.15, 0.2) is 47.5 Å². The van der Waals surface area contributed by atoms with E-state index in [4.69, 9.17) is 11.6 Å². The molecule has 0 aliphatic carbocycles. The molecule has 3 heterocycles. The van der Waals surface area contributed by atoms with Crippen LogP contribution in [0.25, 0.3) is 33.1 Å². The van der Waals surface area contributed by atoms with Crippen molar-refractivity contribution >= 4 is 33.5 Å². The molecular weight excluding hydrogens is 346 g/mol. The number of fused-ring (bicyclic) bond motifs is 3. The number of aromatic amines is 2. The zero-order valence-corrected chi connectivity index (χ0v) is 16.1. The van der Waals surface area contributed by atoms with E-state index in [9.17, 15) is 4.79 Å². The summed E-state index contributed by atoms with van der Waals surface area (Å²) in [5, 5.41) is 1.55. The van der Waals surface area contributed by atoms with Crippen molar-refractivity contribution in [2.24, 2.45) is 0 Å². The monoisotopic (exact) mass is 367 g/mol. The highest BCUT2D eigenvalue weighted by molar-refractivity contribution is 6.31. The maximum Gasteiger partial charge on any atom is 0.252 e. The lowest BCUT2D eigenvalue weighted by molar-refractivity contribution is 0.851. The predicted molar refractivity (Wildman–Crippen MR) is 110 cm³/mol. The van der Waals surface area contributed by atoms with Crippen molar-refractivity contribution in [3.05, 3.63) is 63.7 Å². The molecule has 134 valence electrons. The molecule has 0 saturated heterocycles. The molecule has 26 heavy (non-hydrogen) atoms. The molecule has 0 amide bonds. The minimum Gasteiger partial charge on any atom is -0.353 e. The molecular formula is C21H22ClN3O. The van der Waals surface area contributed by atoms with E-state index in [-0.39, 0.29) is 11.5 Å². The van der Waals surface area contributed by atoms with Crippen molar-refractivity contribution in [3.8, 4) is 11.1 Å². The van der Waals surface area contributed by atoms with Crippen LogP contribution in [0, 0.1) is 0 Å². The fraction of sp³-hybridized carbons (Fsp3) is 0.238. The van der Waals surface area contributed by atoms with Gasteiger partial charge in [-0.1, -0.05) is 45.4 Å². The maximum atomic E-state index is 12.8.